The molecule has 1 N–H and O–H groups in total. The highest BCUT2D eigenvalue weighted by Crippen LogP contribution is 2.33. The van der Waals surface area contributed by atoms with E-state index in [9.17, 15) is 14.7 Å². The van der Waals surface area contributed by atoms with Crippen molar-refractivity contribution in [3.8, 4) is 0 Å². The van der Waals surface area contributed by atoms with Gasteiger partial charge in [0.05, 0.1) is 22.9 Å². The van der Waals surface area contributed by atoms with Crippen molar-refractivity contribution < 1.29 is 24.2 Å². The number of carbonyl (C=O) groups excluding carboxylic acids is 1. The number of thioether (sulfide) groups is 1. The third kappa shape index (κ3) is 4.23. The Bertz CT molecular complexity index is 694. The summed E-state index contributed by atoms with van der Waals surface area (Å²) in [5.41, 5.74) is -0.682. The summed E-state index contributed by atoms with van der Waals surface area (Å²) in [6, 6.07) is -0.892. The normalized spacial score (nSPS) is 30.5. The number of carboxylic acid groups (broad SMARTS) is 1. The molecule has 0 aromatic heterocycles. The van der Waals surface area contributed by atoms with Crippen LogP contribution in [0.3, 0.4) is 0 Å². The zero-order valence-electron chi connectivity index (χ0n) is 15.3. The molecule has 2 aliphatic heterocycles. The van der Waals surface area contributed by atoms with Gasteiger partial charge < -0.3 is 14.6 Å². The maximum absolute atomic E-state index is 12.3. The summed E-state index contributed by atoms with van der Waals surface area (Å²) in [5.74, 6) is -0.381. The number of rotatable bonds is 3. The molecule has 3 rings (SSSR count). The van der Waals surface area contributed by atoms with E-state index < -0.39 is 29.8 Å². The van der Waals surface area contributed by atoms with Crippen LogP contribution in [0.15, 0.2) is 29.0 Å². The van der Waals surface area contributed by atoms with Gasteiger partial charge >= 0.3 is 12.1 Å². The molecule has 3 aliphatic rings. The second-order valence-electron chi connectivity index (χ2n) is 7.61. The topological polar surface area (TPSA) is 88.4 Å². The highest BCUT2D eigenvalue weighted by molar-refractivity contribution is 8.14. The fourth-order valence-corrected chi connectivity index (χ4v) is 4.20. The van der Waals surface area contributed by atoms with Crippen LogP contribution >= 0.6 is 11.8 Å². The first-order valence-corrected chi connectivity index (χ1v) is 9.50. The molecule has 1 amide bonds. The van der Waals surface area contributed by atoms with E-state index in [1.807, 2.05) is 19.1 Å². The van der Waals surface area contributed by atoms with Gasteiger partial charge in [-0.3, -0.25) is 9.89 Å². The highest BCUT2D eigenvalue weighted by Gasteiger charge is 2.43. The lowest BCUT2D eigenvalue weighted by molar-refractivity contribution is -0.142. The van der Waals surface area contributed by atoms with Crippen LogP contribution < -0.4 is 0 Å². The zero-order valence-corrected chi connectivity index (χ0v) is 16.2. The Kier molecular flexibility index (Phi) is 5.05. The first-order valence-electron chi connectivity index (χ1n) is 8.62. The van der Waals surface area contributed by atoms with Crippen LogP contribution in [-0.2, 0) is 14.3 Å². The van der Waals surface area contributed by atoms with E-state index in [4.69, 9.17) is 9.47 Å². The molecule has 0 saturated carbocycles. The minimum absolute atomic E-state index is 0.0543. The van der Waals surface area contributed by atoms with Crippen LogP contribution in [0.2, 0.25) is 0 Å². The molecular formula is C18H24N2O5S. The highest BCUT2D eigenvalue weighted by atomic mass is 32.2. The summed E-state index contributed by atoms with van der Waals surface area (Å²) < 4.78 is 11.3. The van der Waals surface area contributed by atoms with Gasteiger partial charge in [0.2, 0.25) is 0 Å². The van der Waals surface area contributed by atoms with E-state index in [-0.39, 0.29) is 19.0 Å². The first-order chi connectivity index (χ1) is 12.1. The molecule has 2 heterocycles. The van der Waals surface area contributed by atoms with Crippen molar-refractivity contribution in [3.05, 3.63) is 24.0 Å². The molecule has 4 atom stereocenters. The number of aliphatic imine (C=N–C) groups is 1. The second-order valence-corrected chi connectivity index (χ2v) is 8.98. The number of ether oxygens (including phenoxy) is 2. The summed E-state index contributed by atoms with van der Waals surface area (Å²) >= 11 is 1.72. The molecule has 0 unspecified atom stereocenters. The summed E-state index contributed by atoms with van der Waals surface area (Å²) in [6.45, 7) is 7.42. The predicted octanol–water partition coefficient (Wildman–Crippen LogP) is 2.82. The maximum atomic E-state index is 12.3. The van der Waals surface area contributed by atoms with E-state index in [1.54, 1.807) is 32.5 Å². The van der Waals surface area contributed by atoms with E-state index in [1.165, 1.54) is 4.90 Å². The minimum atomic E-state index is -1.05. The van der Waals surface area contributed by atoms with E-state index in [0.717, 1.165) is 5.04 Å². The average molecular weight is 380 g/mol. The SMILES string of the molecule is CC1=N[C@H]2C=C(O[C@@H]3C[C@@H](C(=O)O)N(C(=O)OC(C)(C)C)C3)C=C[C@H]2S1. The van der Waals surface area contributed by atoms with E-state index in [0.29, 0.717) is 11.0 Å². The molecule has 0 radical (unpaired) electrons. The van der Waals surface area contributed by atoms with Crippen molar-refractivity contribution in [2.24, 2.45) is 4.99 Å². The smallest absolute Gasteiger partial charge is 0.411 e. The van der Waals surface area contributed by atoms with Crippen LogP contribution in [-0.4, -0.2) is 62.7 Å². The molecule has 142 valence electrons. The van der Waals surface area contributed by atoms with Crippen molar-refractivity contribution in [1.29, 1.82) is 0 Å². The van der Waals surface area contributed by atoms with Gasteiger partial charge in [0, 0.05) is 6.42 Å². The number of allylic oxidation sites excluding steroid dienone is 1. The predicted molar refractivity (Wildman–Crippen MR) is 99.4 cm³/mol. The molecule has 0 aromatic carbocycles. The number of likely N-dealkylation sites (tertiary alicyclic amines) is 1. The van der Waals surface area contributed by atoms with E-state index >= 15 is 0 Å². The molecule has 1 aliphatic carbocycles. The number of aliphatic carboxylic acids is 1. The molecule has 1 saturated heterocycles. The third-order valence-corrected chi connectivity index (χ3v) is 5.39. The summed E-state index contributed by atoms with van der Waals surface area (Å²) in [7, 11) is 0. The van der Waals surface area contributed by atoms with Crippen molar-refractivity contribution in [1.82, 2.24) is 4.90 Å². The Morgan fingerprint density at radius 3 is 2.77 bits per heavy atom. The monoisotopic (exact) mass is 380 g/mol. The van der Waals surface area contributed by atoms with Gasteiger partial charge in [0.1, 0.15) is 23.5 Å². The lowest BCUT2D eigenvalue weighted by Gasteiger charge is -2.26. The van der Waals surface area contributed by atoms with Crippen LogP contribution in [0.25, 0.3) is 0 Å². The summed E-state index contributed by atoms with van der Waals surface area (Å²) in [5, 5.41) is 10.8. The molecule has 0 bridgehead atoms. The van der Waals surface area contributed by atoms with Crippen LogP contribution in [0.5, 0.6) is 0 Å². The number of carbonyl (C=O) groups is 2. The van der Waals surface area contributed by atoms with Crippen molar-refractivity contribution >= 4 is 28.9 Å². The number of carboxylic acids is 1. The standard InChI is InChI=1S/C18H24N2O5S/c1-10-19-13-7-11(5-6-15(13)26-10)24-12-8-14(16(21)22)20(9-12)17(23)25-18(2,3)4/h5-7,12-15H,8-9H2,1-4H3,(H,21,22)/t12-,13+,14+,15-/m1/s1. The van der Waals surface area contributed by atoms with Crippen LogP contribution in [0.1, 0.15) is 34.1 Å². The van der Waals surface area contributed by atoms with Crippen molar-refractivity contribution in [2.75, 3.05) is 6.54 Å². The molecule has 7 nitrogen and oxygen atoms in total. The fourth-order valence-electron chi connectivity index (χ4n) is 3.19. The molecular weight excluding hydrogens is 356 g/mol. The van der Waals surface area contributed by atoms with Crippen molar-refractivity contribution in [2.45, 2.75) is 63.2 Å². The quantitative estimate of drug-likeness (QED) is 0.810. The van der Waals surface area contributed by atoms with Gasteiger partial charge in [-0.2, -0.15) is 0 Å². The maximum Gasteiger partial charge on any atom is 0.411 e. The van der Waals surface area contributed by atoms with Crippen LogP contribution in [0.4, 0.5) is 4.79 Å². The van der Waals surface area contributed by atoms with Gasteiger partial charge in [-0.05, 0) is 39.8 Å². The Labute approximate surface area is 157 Å². The first kappa shape index (κ1) is 18.8. The summed E-state index contributed by atoms with van der Waals surface area (Å²) in [4.78, 5) is 29.7. The fraction of sp³-hybridized carbons (Fsp3) is 0.611. The second kappa shape index (κ2) is 6.98. The number of amides is 1. The number of nitrogens with zero attached hydrogens (tertiary/aromatic N) is 2. The zero-order chi connectivity index (χ0) is 19.1. The van der Waals surface area contributed by atoms with E-state index in [2.05, 4.69) is 11.1 Å². The number of fused-ring (bicyclic) bond motifs is 1. The molecule has 1 fully saturated rings. The van der Waals surface area contributed by atoms with Crippen LogP contribution in [0, 0.1) is 0 Å². The largest absolute Gasteiger partial charge is 0.489 e. The number of hydrogen-bond acceptors (Lipinski definition) is 6. The Balaban J connectivity index is 1.67. The lowest BCUT2D eigenvalue weighted by Crippen LogP contribution is -2.43. The average Bonchev–Trinajstić information content (AvgIpc) is 3.08. The Morgan fingerprint density at radius 1 is 1.38 bits per heavy atom. The van der Waals surface area contributed by atoms with Gasteiger partial charge in [0.25, 0.3) is 0 Å². The Morgan fingerprint density at radius 2 is 2.12 bits per heavy atom. The summed E-state index contributed by atoms with van der Waals surface area (Å²) in [6.07, 6.45) is 5.12. The molecule has 0 aromatic rings. The number of hydrogen-bond donors (Lipinski definition) is 1. The Hall–Kier alpha value is -1.96. The molecule has 8 heteroatoms. The lowest BCUT2D eigenvalue weighted by atomic mass is 10.1. The van der Waals surface area contributed by atoms with Gasteiger partial charge in [-0.25, -0.2) is 9.59 Å². The van der Waals surface area contributed by atoms with Gasteiger partial charge in [-0.1, -0.05) is 6.08 Å². The third-order valence-electron chi connectivity index (χ3n) is 4.24. The van der Waals surface area contributed by atoms with Gasteiger partial charge in [-0.15, -0.1) is 11.8 Å². The molecule has 0 spiro atoms. The van der Waals surface area contributed by atoms with Crippen molar-refractivity contribution in [3.63, 3.8) is 0 Å². The molecule has 26 heavy (non-hydrogen) atoms. The minimum Gasteiger partial charge on any atom is -0.489 e. The van der Waals surface area contributed by atoms with Gasteiger partial charge in [0.15, 0.2) is 0 Å².